The Balaban J connectivity index is 1.97. The topological polar surface area (TPSA) is 50.2 Å². The zero-order valence-electron chi connectivity index (χ0n) is 11.6. The number of rotatable bonds is 2. The van der Waals surface area contributed by atoms with E-state index in [4.69, 9.17) is 16.6 Å². The number of hydrogen-bond acceptors (Lipinski definition) is 2. The molecular formula is C16H20ClNO2. The van der Waals surface area contributed by atoms with E-state index in [0.29, 0.717) is 17.4 Å². The first-order valence-electron chi connectivity index (χ1n) is 7.59. The Morgan fingerprint density at radius 1 is 1.20 bits per heavy atom. The van der Waals surface area contributed by atoms with Gasteiger partial charge in [0.25, 0.3) is 0 Å². The van der Waals surface area contributed by atoms with Crippen molar-refractivity contribution in [3.05, 3.63) is 28.0 Å². The first-order valence-corrected chi connectivity index (χ1v) is 7.96. The maximum absolute atomic E-state index is 11.3. The third kappa shape index (κ3) is 2.56. The SMILES string of the molecule is O=C(O)C1CCCc2nc(C3CCCCC3)c(Cl)cc21. The second-order valence-corrected chi connectivity index (χ2v) is 6.42. The minimum Gasteiger partial charge on any atom is -0.481 e. The molecule has 0 aliphatic heterocycles. The van der Waals surface area contributed by atoms with Crippen molar-refractivity contribution in [1.29, 1.82) is 0 Å². The van der Waals surface area contributed by atoms with Crippen molar-refractivity contribution in [2.24, 2.45) is 0 Å². The van der Waals surface area contributed by atoms with Gasteiger partial charge in [-0.1, -0.05) is 30.9 Å². The molecule has 1 heterocycles. The summed E-state index contributed by atoms with van der Waals surface area (Å²) in [5, 5.41) is 9.99. The number of carbonyl (C=O) groups is 1. The fourth-order valence-corrected chi connectivity index (χ4v) is 3.92. The van der Waals surface area contributed by atoms with Crippen LogP contribution in [0.15, 0.2) is 6.07 Å². The summed E-state index contributed by atoms with van der Waals surface area (Å²) in [6.07, 6.45) is 8.61. The summed E-state index contributed by atoms with van der Waals surface area (Å²) in [6.45, 7) is 0. The lowest BCUT2D eigenvalue weighted by Crippen LogP contribution is -2.20. The van der Waals surface area contributed by atoms with Gasteiger partial charge < -0.3 is 5.11 Å². The third-order valence-corrected chi connectivity index (χ3v) is 4.99. The van der Waals surface area contributed by atoms with Crippen LogP contribution in [0.1, 0.15) is 73.7 Å². The average Bonchev–Trinajstić information content (AvgIpc) is 2.46. The van der Waals surface area contributed by atoms with Gasteiger partial charge in [0.05, 0.1) is 16.6 Å². The summed E-state index contributed by atoms with van der Waals surface area (Å²) in [5.41, 5.74) is 2.82. The lowest BCUT2D eigenvalue weighted by atomic mass is 9.83. The molecule has 1 atom stereocenters. The first kappa shape index (κ1) is 13.9. The van der Waals surface area contributed by atoms with Crippen LogP contribution in [-0.2, 0) is 11.2 Å². The summed E-state index contributed by atoms with van der Waals surface area (Å²) >= 11 is 6.41. The molecule has 0 spiro atoms. The van der Waals surface area contributed by atoms with Crippen LogP contribution in [0.25, 0.3) is 0 Å². The number of aromatic nitrogens is 1. The monoisotopic (exact) mass is 293 g/mol. The predicted molar refractivity (Wildman–Crippen MR) is 78.4 cm³/mol. The molecule has 3 nitrogen and oxygen atoms in total. The van der Waals surface area contributed by atoms with Crippen molar-refractivity contribution < 1.29 is 9.90 Å². The molecule has 1 N–H and O–H groups in total. The fourth-order valence-electron chi connectivity index (χ4n) is 3.61. The van der Waals surface area contributed by atoms with Crippen LogP contribution >= 0.6 is 11.6 Å². The molecule has 20 heavy (non-hydrogen) atoms. The van der Waals surface area contributed by atoms with Crippen LogP contribution in [0.4, 0.5) is 0 Å². The summed E-state index contributed by atoms with van der Waals surface area (Å²) in [7, 11) is 0. The molecule has 0 bridgehead atoms. The highest BCUT2D eigenvalue weighted by atomic mass is 35.5. The molecule has 4 heteroatoms. The van der Waals surface area contributed by atoms with Gasteiger partial charge in [-0.25, -0.2) is 0 Å². The molecular weight excluding hydrogens is 274 g/mol. The molecule has 0 amide bonds. The smallest absolute Gasteiger partial charge is 0.311 e. The second kappa shape index (κ2) is 5.72. The highest BCUT2D eigenvalue weighted by Crippen LogP contribution is 2.39. The van der Waals surface area contributed by atoms with Gasteiger partial charge >= 0.3 is 5.97 Å². The van der Waals surface area contributed by atoms with Crippen molar-refractivity contribution >= 4 is 17.6 Å². The van der Waals surface area contributed by atoms with E-state index in [1.54, 1.807) is 0 Å². The molecule has 0 saturated heterocycles. The largest absolute Gasteiger partial charge is 0.481 e. The third-order valence-electron chi connectivity index (χ3n) is 4.69. The number of pyridine rings is 1. The number of carboxylic acids is 1. The second-order valence-electron chi connectivity index (χ2n) is 6.01. The standard InChI is InChI=1S/C16H20ClNO2/c17-13-9-12-11(16(19)20)7-4-8-14(12)18-15(13)10-5-2-1-3-6-10/h9-11H,1-8H2,(H,19,20). The minimum atomic E-state index is -0.755. The van der Waals surface area contributed by atoms with Gasteiger partial charge in [-0.05, 0) is 43.7 Å². The van der Waals surface area contributed by atoms with E-state index in [-0.39, 0.29) is 0 Å². The molecule has 1 saturated carbocycles. The van der Waals surface area contributed by atoms with Crippen LogP contribution in [0.5, 0.6) is 0 Å². The molecule has 1 fully saturated rings. The number of nitrogens with zero attached hydrogens (tertiary/aromatic N) is 1. The predicted octanol–water partition coefficient (Wildman–Crippen LogP) is 4.29. The molecule has 108 valence electrons. The Bertz CT molecular complexity index is 523. The summed E-state index contributed by atoms with van der Waals surface area (Å²) in [4.78, 5) is 16.1. The fraction of sp³-hybridized carbons (Fsp3) is 0.625. The van der Waals surface area contributed by atoms with Gasteiger partial charge in [0.2, 0.25) is 0 Å². The van der Waals surface area contributed by atoms with Gasteiger partial charge in [-0.15, -0.1) is 0 Å². The van der Waals surface area contributed by atoms with Crippen LogP contribution in [0.2, 0.25) is 5.02 Å². The van der Waals surface area contributed by atoms with Crippen molar-refractivity contribution in [3.8, 4) is 0 Å². The Morgan fingerprint density at radius 3 is 2.65 bits per heavy atom. The van der Waals surface area contributed by atoms with Crippen molar-refractivity contribution in [3.63, 3.8) is 0 Å². The Morgan fingerprint density at radius 2 is 1.95 bits per heavy atom. The summed E-state index contributed by atoms with van der Waals surface area (Å²) < 4.78 is 0. The van der Waals surface area contributed by atoms with Crippen molar-refractivity contribution in [2.75, 3.05) is 0 Å². The number of aliphatic carboxylic acids is 1. The summed E-state index contributed by atoms with van der Waals surface area (Å²) in [5.74, 6) is -0.717. The highest BCUT2D eigenvalue weighted by Gasteiger charge is 2.29. The van der Waals surface area contributed by atoms with E-state index in [0.717, 1.165) is 42.6 Å². The van der Waals surface area contributed by atoms with Gasteiger partial charge in [0, 0.05) is 11.6 Å². The van der Waals surface area contributed by atoms with E-state index >= 15 is 0 Å². The average molecular weight is 294 g/mol. The van der Waals surface area contributed by atoms with E-state index in [9.17, 15) is 9.90 Å². The van der Waals surface area contributed by atoms with Gasteiger partial charge in [0.1, 0.15) is 0 Å². The molecule has 3 rings (SSSR count). The minimum absolute atomic E-state index is 0.427. The Kier molecular flexibility index (Phi) is 3.97. The van der Waals surface area contributed by atoms with E-state index < -0.39 is 11.9 Å². The lowest BCUT2D eigenvalue weighted by molar-refractivity contribution is -0.139. The molecule has 2 aliphatic carbocycles. The van der Waals surface area contributed by atoms with Crippen LogP contribution in [-0.4, -0.2) is 16.1 Å². The molecule has 1 aromatic rings. The normalized spacial score (nSPS) is 23.4. The Hall–Kier alpha value is -1.09. The zero-order valence-corrected chi connectivity index (χ0v) is 12.3. The zero-order chi connectivity index (χ0) is 14.1. The molecule has 1 unspecified atom stereocenters. The van der Waals surface area contributed by atoms with E-state index in [1.165, 1.54) is 19.3 Å². The van der Waals surface area contributed by atoms with Crippen LogP contribution < -0.4 is 0 Å². The molecule has 0 radical (unpaired) electrons. The van der Waals surface area contributed by atoms with E-state index in [1.807, 2.05) is 6.07 Å². The number of hydrogen-bond donors (Lipinski definition) is 1. The first-order chi connectivity index (χ1) is 9.66. The molecule has 2 aliphatic rings. The van der Waals surface area contributed by atoms with Gasteiger partial charge in [0.15, 0.2) is 0 Å². The van der Waals surface area contributed by atoms with Gasteiger partial charge in [-0.2, -0.15) is 0 Å². The van der Waals surface area contributed by atoms with Gasteiger partial charge in [-0.3, -0.25) is 9.78 Å². The van der Waals surface area contributed by atoms with Crippen molar-refractivity contribution in [1.82, 2.24) is 4.98 Å². The molecule has 1 aromatic heterocycles. The number of halogens is 1. The molecule has 0 aromatic carbocycles. The quantitative estimate of drug-likeness (QED) is 0.885. The maximum Gasteiger partial charge on any atom is 0.311 e. The number of aryl methyl sites for hydroxylation is 1. The van der Waals surface area contributed by atoms with E-state index in [2.05, 4.69) is 0 Å². The van der Waals surface area contributed by atoms with Crippen molar-refractivity contribution in [2.45, 2.75) is 63.2 Å². The summed E-state index contributed by atoms with van der Waals surface area (Å²) in [6, 6.07) is 1.88. The number of carboxylic acid groups (broad SMARTS) is 1. The van der Waals surface area contributed by atoms with Crippen LogP contribution in [0.3, 0.4) is 0 Å². The lowest BCUT2D eigenvalue weighted by Gasteiger charge is -2.26. The maximum atomic E-state index is 11.3. The van der Waals surface area contributed by atoms with Crippen LogP contribution in [0, 0.1) is 0 Å². The Labute approximate surface area is 124 Å². The number of fused-ring (bicyclic) bond motifs is 1. The highest BCUT2D eigenvalue weighted by molar-refractivity contribution is 6.31.